The van der Waals surface area contributed by atoms with Gasteiger partial charge in [0.05, 0.1) is 29.9 Å². The summed E-state index contributed by atoms with van der Waals surface area (Å²) in [4.78, 5) is 39.1. The van der Waals surface area contributed by atoms with Crippen molar-refractivity contribution < 1.29 is 37.4 Å². The van der Waals surface area contributed by atoms with E-state index < -0.39 is 29.2 Å². The minimum Gasteiger partial charge on any atom is -0.385 e. The van der Waals surface area contributed by atoms with Gasteiger partial charge in [0.1, 0.15) is 0 Å². The van der Waals surface area contributed by atoms with E-state index in [9.17, 15) is 32.7 Å². The maximum Gasteiger partial charge on any atom is 0.416 e. The van der Waals surface area contributed by atoms with Crippen molar-refractivity contribution in [3.05, 3.63) is 70.8 Å². The van der Waals surface area contributed by atoms with Crippen molar-refractivity contribution in [2.24, 2.45) is 0 Å². The Labute approximate surface area is 242 Å². The molecule has 2 aromatic carbocycles. The van der Waals surface area contributed by atoms with Gasteiger partial charge in [-0.3, -0.25) is 19.3 Å². The van der Waals surface area contributed by atoms with Gasteiger partial charge in [-0.2, -0.15) is 13.2 Å². The number of benzene rings is 2. The molecule has 3 amide bonds. The molecule has 0 spiro atoms. The average Bonchev–Trinajstić information content (AvgIpc) is 3.37. The van der Waals surface area contributed by atoms with Crippen LogP contribution in [0.15, 0.2) is 48.5 Å². The topological polar surface area (TPSA) is 120 Å². The summed E-state index contributed by atoms with van der Waals surface area (Å²) in [5, 5.41) is 19.2. The zero-order chi connectivity index (χ0) is 30.5. The van der Waals surface area contributed by atoms with Gasteiger partial charge in [0, 0.05) is 43.9 Å². The van der Waals surface area contributed by atoms with Crippen LogP contribution in [0.5, 0.6) is 0 Å². The van der Waals surface area contributed by atoms with Gasteiger partial charge in [-0.25, -0.2) is 0 Å². The first kappa shape index (κ1) is 31.5. The fraction of sp³-hybridized carbons (Fsp3) is 0.500. The third-order valence-corrected chi connectivity index (χ3v) is 8.09. The second-order valence-corrected chi connectivity index (χ2v) is 10.8. The number of likely N-dealkylation sites (tertiary alicyclic amines) is 1. The number of hydrogen-bond acceptors (Lipinski definition) is 6. The summed E-state index contributed by atoms with van der Waals surface area (Å²) in [6.45, 7) is 3.06. The number of rotatable bonds is 9. The predicted octanol–water partition coefficient (Wildman–Crippen LogP) is 2.83. The van der Waals surface area contributed by atoms with Crippen molar-refractivity contribution in [1.82, 2.24) is 20.9 Å². The minimum atomic E-state index is -4.58. The first-order valence-corrected chi connectivity index (χ1v) is 14.1. The number of ether oxygens (including phenoxy) is 1. The third-order valence-electron chi connectivity index (χ3n) is 8.09. The molecule has 1 saturated heterocycles. The summed E-state index contributed by atoms with van der Waals surface area (Å²) in [6.07, 6.45) is -2.28. The molecule has 2 fully saturated rings. The van der Waals surface area contributed by atoms with Crippen molar-refractivity contribution in [2.75, 3.05) is 33.3 Å². The van der Waals surface area contributed by atoms with Crippen molar-refractivity contribution in [3.63, 3.8) is 0 Å². The number of amides is 3. The Bertz CT molecular complexity index is 1260. The molecule has 9 nitrogen and oxygen atoms in total. The van der Waals surface area contributed by atoms with E-state index in [4.69, 9.17) is 4.74 Å². The molecule has 228 valence electrons. The highest BCUT2D eigenvalue weighted by Crippen LogP contribution is 2.39. The molecule has 42 heavy (non-hydrogen) atoms. The largest absolute Gasteiger partial charge is 0.416 e. The van der Waals surface area contributed by atoms with Crippen molar-refractivity contribution in [1.29, 1.82) is 0 Å². The highest BCUT2D eigenvalue weighted by atomic mass is 19.4. The number of nitrogens with one attached hydrogen (secondary N) is 3. The molecule has 0 aromatic heterocycles. The van der Waals surface area contributed by atoms with E-state index in [1.165, 1.54) is 6.07 Å². The summed E-state index contributed by atoms with van der Waals surface area (Å²) < 4.78 is 44.8. The smallest absolute Gasteiger partial charge is 0.385 e. The van der Waals surface area contributed by atoms with Gasteiger partial charge in [0.15, 0.2) is 0 Å². The normalized spacial score (nSPS) is 24.7. The number of hydrogen-bond donors (Lipinski definition) is 4. The van der Waals surface area contributed by atoms with Crippen molar-refractivity contribution in [2.45, 2.75) is 62.6 Å². The van der Waals surface area contributed by atoms with Crippen molar-refractivity contribution >= 4 is 17.7 Å². The van der Waals surface area contributed by atoms with Gasteiger partial charge in [-0.05, 0) is 68.5 Å². The number of carbonyl (C=O) groups is 3. The molecule has 2 aliphatic rings. The molecule has 2 atom stereocenters. The Morgan fingerprint density at radius 1 is 1.02 bits per heavy atom. The Morgan fingerprint density at radius 2 is 1.71 bits per heavy atom. The van der Waals surface area contributed by atoms with Gasteiger partial charge >= 0.3 is 6.18 Å². The van der Waals surface area contributed by atoms with Crippen LogP contribution >= 0.6 is 0 Å². The molecule has 4 rings (SSSR count). The monoisotopic (exact) mass is 590 g/mol. The fourth-order valence-corrected chi connectivity index (χ4v) is 5.79. The van der Waals surface area contributed by atoms with Crippen LogP contribution in [0.3, 0.4) is 0 Å². The lowest BCUT2D eigenvalue weighted by atomic mass is 9.77. The van der Waals surface area contributed by atoms with Crippen LogP contribution < -0.4 is 16.0 Å². The van der Waals surface area contributed by atoms with E-state index in [2.05, 4.69) is 20.9 Å². The molecular formula is C30H37F3N4O5. The molecule has 0 bridgehead atoms. The minimum absolute atomic E-state index is 0.181. The second-order valence-electron chi connectivity index (χ2n) is 10.8. The molecule has 2 aromatic rings. The molecule has 1 aliphatic heterocycles. The molecular weight excluding hydrogens is 553 g/mol. The summed E-state index contributed by atoms with van der Waals surface area (Å²) in [6, 6.07) is 10.9. The van der Waals surface area contributed by atoms with Crippen molar-refractivity contribution in [3.8, 4) is 0 Å². The quantitative estimate of drug-likeness (QED) is 0.357. The highest BCUT2D eigenvalue weighted by Gasteiger charge is 2.42. The van der Waals surface area contributed by atoms with Crippen LogP contribution in [0.4, 0.5) is 13.2 Å². The van der Waals surface area contributed by atoms with Crippen LogP contribution in [0.1, 0.15) is 64.4 Å². The lowest BCUT2D eigenvalue weighted by molar-refractivity contribution is -0.137. The van der Waals surface area contributed by atoms with Crippen LogP contribution in [0, 0.1) is 0 Å². The summed E-state index contributed by atoms with van der Waals surface area (Å²) in [7, 11) is 1.57. The number of alkyl halides is 3. The van der Waals surface area contributed by atoms with Crippen LogP contribution in [0.2, 0.25) is 0 Å². The lowest BCUT2D eigenvalue weighted by Crippen LogP contribution is -2.48. The van der Waals surface area contributed by atoms with Crippen LogP contribution in [0.25, 0.3) is 0 Å². The molecule has 4 N–H and O–H groups in total. The van der Waals surface area contributed by atoms with Gasteiger partial charge in [-0.1, -0.05) is 18.2 Å². The van der Waals surface area contributed by atoms with Gasteiger partial charge in [0.2, 0.25) is 5.91 Å². The first-order valence-electron chi connectivity index (χ1n) is 14.1. The van der Waals surface area contributed by atoms with Gasteiger partial charge < -0.3 is 25.8 Å². The van der Waals surface area contributed by atoms with E-state index in [1.54, 1.807) is 31.3 Å². The van der Waals surface area contributed by atoms with E-state index >= 15 is 0 Å². The fourth-order valence-electron chi connectivity index (χ4n) is 5.79. The van der Waals surface area contributed by atoms with Crippen LogP contribution in [-0.4, -0.2) is 79.2 Å². The second kappa shape index (κ2) is 13.2. The van der Waals surface area contributed by atoms with Crippen LogP contribution in [-0.2, 0) is 21.3 Å². The summed E-state index contributed by atoms with van der Waals surface area (Å²) >= 11 is 0. The highest BCUT2D eigenvalue weighted by molar-refractivity contribution is 5.96. The van der Waals surface area contributed by atoms with E-state index in [1.807, 2.05) is 6.92 Å². The average molecular weight is 591 g/mol. The standard InChI is InChI=1S/C30H37F3N4O5/c1-3-42-25-18-37(23-11-13-29(41,14-12-23)21-9-7-19(8-10-21)27(39)34-2)17-24(25)36-26(38)16-35-28(40)20-5-4-6-22(15-20)30(31,32)33/h4-10,15,23-25,41H,3,11-14,16-18H2,1-2H3,(H,34,39)(H,35,40)(H,36,38)/t23?,24-,25+,29?/m0/s1. The number of halogens is 3. The SMILES string of the molecule is CCO[C@@H]1CN(C2CCC(O)(c3ccc(C(=O)NC)cc3)CC2)C[C@@H]1NC(=O)CNC(=O)c1cccc(C(F)(F)F)c1. The number of carbonyl (C=O) groups excluding carboxylic acids is 3. The van der Waals surface area contributed by atoms with E-state index in [-0.39, 0.29) is 36.2 Å². The zero-order valence-electron chi connectivity index (χ0n) is 23.7. The van der Waals surface area contributed by atoms with Gasteiger partial charge in [-0.15, -0.1) is 0 Å². The predicted molar refractivity (Wildman–Crippen MR) is 149 cm³/mol. The zero-order valence-corrected chi connectivity index (χ0v) is 23.7. The molecule has 1 heterocycles. The molecule has 12 heteroatoms. The molecule has 0 radical (unpaired) electrons. The first-order chi connectivity index (χ1) is 19.9. The molecule has 0 unspecified atom stereocenters. The Kier molecular flexibility index (Phi) is 9.90. The van der Waals surface area contributed by atoms with Gasteiger partial charge in [0.25, 0.3) is 11.8 Å². The summed E-state index contributed by atoms with van der Waals surface area (Å²) in [5.74, 6) is -1.43. The van der Waals surface area contributed by atoms with E-state index in [0.717, 1.165) is 36.6 Å². The lowest BCUT2D eigenvalue weighted by Gasteiger charge is -2.40. The van der Waals surface area contributed by atoms with E-state index in [0.29, 0.717) is 38.1 Å². The number of nitrogens with zero attached hydrogens (tertiary/aromatic N) is 1. The maximum absolute atomic E-state index is 13.0. The Balaban J connectivity index is 1.30. The third kappa shape index (κ3) is 7.47. The molecule has 1 saturated carbocycles. The molecule has 1 aliphatic carbocycles. The number of aliphatic hydroxyl groups is 1. The maximum atomic E-state index is 13.0. The Hall–Kier alpha value is -3.48. The summed E-state index contributed by atoms with van der Waals surface area (Å²) in [5.41, 5.74) is -0.801. The Morgan fingerprint density at radius 3 is 2.33 bits per heavy atom.